The standard InChI is InChI=1S/C15H18BF2NO5/c1-3-23-14(21)10-6-4-5-9-7-11(16(22)24-13(9)10)19-12(20)8-15(2,17)18/h4-6,11,22H,3,7-8H2,1-2H3,(H,19,20)/t11-/m0/s1. The van der Waals surface area contributed by atoms with E-state index in [0.717, 1.165) is 0 Å². The van der Waals surface area contributed by atoms with Gasteiger partial charge in [0.1, 0.15) is 11.3 Å². The lowest BCUT2D eigenvalue weighted by Gasteiger charge is -2.29. The molecule has 1 aromatic carbocycles. The van der Waals surface area contributed by atoms with Crippen LogP contribution < -0.4 is 9.97 Å². The van der Waals surface area contributed by atoms with Gasteiger partial charge in [-0.2, -0.15) is 0 Å². The van der Waals surface area contributed by atoms with E-state index in [0.29, 0.717) is 12.5 Å². The number of fused-ring (bicyclic) bond motifs is 1. The average molecular weight is 341 g/mol. The summed E-state index contributed by atoms with van der Waals surface area (Å²) in [6.45, 7) is 2.49. The number of hydrogen-bond donors (Lipinski definition) is 2. The molecule has 0 bridgehead atoms. The number of benzene rings is 1. The molecule has 0 radical (unpaired) electrons. The molecule has 1 atom stereocenters. The fraction of sp³-hybridized carbons (Fsp3) is 0.467. The van der Waals surface area contributed by atoms with Crippen molar-refractivity contribution in [2.75, 3.05) is 6.61 Å². The van der Waals surface area contributed by atoms with Crippen molar-refractivity contribution in [3.8, 4) is 5.75 Å². The van der Waals surface area contributed by atoms with Crippen LogP contribution in [0.2, 0.25) is 0 Å². The summed E-state index contributed by atoms with van der Waals surface area (Å²) >= 11 is 0. The number of para-hydroxylation sites is 1. The third-order valence-corrected chi connectivity index (χ3v) is 3.43. The van der Waals surface area contributed by atoms with Gasteiger partial charge in [-0.15, -0.1) is 0 Å². The Hall–Kier alpha value is -2.16. The minimum absolute atomic E-state index is 0.144. The highest BCUT2D eigenvalue weighted by Crippen LogP contribution is 2.30. The third kappa shape index (κ3) is 4.44. The molecule has 6 nitrogen and oxygen atoms in total. The fourth-order valence-electron chi connectivity index (χ4n) is 2.46. The van der Waals surface area contributed by atoms with Crippen molar-refractivity contribution in [1.29, 1.82) is 0 Å². The van der Waals surface area contributed by atoms with E-state index in [1.54, 1.807) is 19.1 Å². The number of alkyl halides is 2. The van der Waals surface area contributed by atoms with Crippen LogP contribution in [-0.4, -0.2) is 42.5 Å². The van der Waals surface area contributed by atoms with Crippen molar-refractivity contribution >= 4 is 19.0 Å². The summed E-state index contributed by atoms with van der Waals surface area (Å²) in [5, 5.41) is 12.4. The Morgan fingerprint density at radius 3 is 2.83 bits per heavy atom. The Balaban J connectivity index is 2.15. The zero-order valence-corrected chi connectivity index (χ0v) is 13.3. The molecule has 1 aliphatic heterocycles. The van der Waals surface area contributed by atoms with Crippen LogP contribution in [-0.2, 0) is 16.0 Å². The van der Waals surface area contributed by atoms with Crippen molar-refractivity contribution < 1.29 is 32.8 Å². The monoisotopic (exact) mass is 341 g/mol. The molecule has 1 aromatic rings. The van der Waals surface area contributed by atoms with Gasteiger partial charge in [-0.1, -0.05) is 12.1 Å². The maximum atomic E-state index is 12.9. The van der Waals surface area contributed by atoms with E-state index in [-0.39, 0.29) is 24.3 Å². The van der Waals surface area contributed by atoms with Crippen LogP contribution in [0.25, 0.3) is 0 Å². The smallest absolute Gasteiger partial charge is 0.534 e. The Kier molecular flexibility index (Phi) is 5.43. The summed E-state index contributed by atoms with van der Waals surface area (Å²) in [7, 11) is -1.46. The number of rotatable bonds is 5. The zero-order chi connectivity index (χ0) is 17.9. The van der Waals surface area contributed by atoms with Crippen molar-refractivity contribution in [3.63, 3.8) is 0 Å². The van der Waals surface area contributed by atoms with Gasteiger partial charge in [0.05, 0.1) is 19.0 Å². The predicted molar refractivity (Wildman–Crippen MR) is 81.9 cm³/mol. The Morgan fingerprint density at radius 2 is 2.21 bits per heavy atom. The van der Waals surface area contributed by atoms with Gasteiger partial charge in [-0.3, -0.25) is 4.79 Å². The molecule has 1 amide bonds. The molecule has 0 saturated carbocycles. The lowest BCUT2D eigenvalue weighted by Crippen LogP contribution is -2.53. The van der Waals surface area contributed by atoms with E-state index in [2.05, 4.69) is 5.32 Å². The topological polar surface area (TPSA) is 84.9 Å². The first kappa shape index (κ1) is 18.2. The molecule has 0 spiro atoms. The first-order valence-corrected chi connectivity index (χ1v) is 7.52. The highest BCUT2D eigenvalue weighted by molar-refractivity contribution is 6.47. The van der Waals surface area contributed by atoms with Crippen LogP contribution in [0.1, 0.15) is 36.2 Å². The number of nitrogens with one attached hydrogen (secondary N) is 1. The number of amides is 1. The van der Waals surface area contributed by atoms with Gasteiger partial charge < -0.3 is 19.7 Å². The summed E-state index contributed by atoms with van der Waals surface area (Å²) in [4.78, 5) is 23.5. The summed E-state index contributed by atoms with van der Waals surface area (Å²) < 4.78 is 36.0. The summed E-state index contributed by atoms with van der Waals surface area (Å²) in [6, 6.07) is 4.78. The predicted octanol–water partition coefficient (Wildman–Crippen LogP) is 1.35. The fourth-order valence-corrected chi connectivity index (χ4v) is 2.46. The second-order valence-electron chi connectivity index (χ2n) is 5.65. The van der Waals surface area contributed by atoms with Crippen LogP contribution >= 0.6 is 0 Å². The molecule has 0 fully saturated rings. The van der Waals surface area contributed by atoms with Gasteiger partial charge in [-0.25, -0.2) is 13.6 Å². The second kappa shape index (κ2) is 7.17. The average Bonchev–Trinajstić information content (AvgIpc) is 2.45. The summed E-state index contributed by atoms with van der Waals surface area (Å²) in [5.74, 6) is -5.33. The SMILES string of the molecule is CCOC(=O)c1cccc2c1OB(O)[C@@H](NC(=O)CC(C)(F)F)C2. The van der Waals surface area contributed by atoms with E-state index < -0.39 is 37.3 Å². The summed E-state index contributed by atoms with van der Waals surface area (Å²) in [5.41, 5.74) is 0.734. The van der Waals surface area contributed by atoms with Crippen LogP contribution in [0.3, 0.4) is 0 Å². The minimum Gasteiger partial charge on any atom is -0.534 e. The van der Waals surface area contributed by atoms with Gasteiger partial charge in [-0.05, 0) is 31.9 Å². The molecule has 0 aliphatic carbocycles. The van der Waals surface area contributed by atoms with Crippen LogP contribution in [0.5, 0.6) is 5.75 Å². The molecule has 130 valence electrons. The first-order chi connectivity index (χ1) is 11.2. The van der Waals surface area contributed by atoms with E-state index in [9.17, 15) is 23.4 Å². The van der Waals surface area contributed by atoms with Gasteiger partial charge in [0.25, 0.3) is 5.92 Å². The number of hydrogen-bond acceptors (Lipinski definition) is 5. The minimum atomic E-state index is -3.14. The van der Waals surface area contributed by atoms with Crippen LogP contribution in [0.15, 0.2) is 18.2 Å². The highest BCUT2D eigenvalue weighted by Gasteiger charge is 2.38. The van der Waals surface area contributed by atoms with Gasteiger partial charge in [0.15, 0.2) is 0 Å². The Morgan fingerprint density at radius 1 is 1.50 bits per heavy atom. The molecule has 0 saturated heterocycles. The van der Waals surface area contributed by atoms with Gasteiger partial charge >= 0.3 is 13.1 Å². The maximum Gasteiger partial charge on any atom is 0.547 e. The molecule has 1 aliphatic rings. The van der Waals surface area contributed by atoms with Crippen molar-refractivity contribution in [3.05, 3.63) is 29.3 Å². The maximum absolute atomic E-state index is 12.9. The lowest BCUT2D eigenvalue weighted by molar-refractivity contribution is -0.127. The Labute approximate surface area is 138 Å². The number of carbonyl (C=O) groups is 2. The Bertz CT molecular complexity index is 635. The zero-order valence-electron chi connectivity index (χ0n) is 13.3. The van der Waals surface area contributed by atoms with Gasteiger partial charge in [0, 0.05) is 0 Å². The molecule has 1 heterocycles. The number of halogens is 2. The van der Waals surface area contributed by atoms with Crippen LogP contribution in [0.4, 0.5) is 8.78 Å². The van der Waals surface area contributed by atoms with Crippen molar-refractivity contribution in [1.82, 2.24) is 5.32 Å². The second-order valence-corrected chi connectivity index (χ2v) is 5.65. The normalized spacial score (nSPS) is 16.9. The van der Waals surface area contributed by atoms with Crippen LogP contribution in [0, 0.1) is 0 Å². The lowest BCUT2D eigenvalue weighted by atomic mass is 9.72. The number of esters is 1. The van der Waals surface area contributed by atoms with E-state index in [4.69, 9.17) is 9.39 Å². The molecule has 2 N–H and O–H groups in total. The van der Waals surface area contributed by atoms with Crippen molar-refractivity contribution in [2.45, 2.75) is 38.6 Å². The molecule has 24 heavy (non-hydrogen) atoms. The molecular weight excluding hydrogens is 323 g/mol. The van der Waals surface area contributed by atoms with Crippen molar-refractivity contribution in [2.24, 2.45) is 0 Å². The largest absolute Gasteiger partial charge is 0.547 e. The van der Waals surface area contributed by atoms with E-state index >= 15 is 0 Å². The number of ether oxygens (including phenoxy) is 1. The molecule has 2 rings (SSSR count). The first-order valence-electron chi connectivity index (χ1n) is 7.52. The molecule has 0 unspecified atom stereocenters. The van der Waals surface area contributed by atoms with E-state index in [1.807, 2.05) is 0 Å². The van der Waals surface area contributed by atoms with Gasteiger partial charge in [0.2, 0.25) is 5.91 Å². The quantitative estimate of drug-likeness (QED) is 0.624. The van der Waals surface area contributed by atoms with E-state index in [1.165, 1.54) is 6.07 Å². The number of carbonyl (C=O) groups excluding carboxylic acids is 2. The highest BCUT2D eigenvalue weighted by atomic mass is 19.3. The summed E-state index contributed by atoms with van der Waals surface area (Å²) in [6.07, 6.45) is -0.837. The molecular formula is C15H18BF2NO5. The third-order valence-electron chi connectivity index (χ3n) is 3.43. The molecule has 9 heteroatoms. The molecule has 0 aromatic heterocycles.